The molecule has 2 N–H and O–H groups in total. The van der Waals surface area contributed by atoms with Crippen molar-refractivity contribution >= 4 is 17.0 Å². The van der Waals surface area contributed by atoms with Gasteiger partial charge in [0.1, 0.15) is 17.2 Å². The molecule has 5 heteroatoms. The number of hydrogen-bond donors (Lipinski definition) is 2. The Morgan fingerprint density at radius 3 is 2.88 bits per heavy atom. The third kappa shape index (κ3) is 1.36. The van der Waals surface area contributed by atoms with Crippen LogP contribution in [-0.4, -0.2) is 21.0 Å². The summed E-state index contributed by atoms with van der Waals surface area (Å²) in [6.45, 7) is 0. The normalized spacial score (nSPS) is 15.6. The molecular weight excluding hydrogens is 211 g/mol. The molecule has 0 radical (unpaired) electrons. The standard InChI is InChI=1S/C11H9FN2O2/c12-6-3-7(11(15)16)9-8(4-6)13-10(14-9)5-1-2-5/h3-5H,1-2H2,(H,13,14)(H,15,16). The molecular formula is C11H9FN2O2. The molecule has 2 aromatic rings. The molecule has 0 unspecified atom stereocenters. The first kappa shape index (κ1) is 9.33. The highest BCUT2D eigenvalue weighted by atomic mass is 19.1. The number of H-pyrrole nitrogens is 1. The van der Waals surface area contributed by atoms with Crippen LogP contribution in [0.4, 0.5) is 4.39 Å². The van der Waals surface area contributed by atoms with Gasteiger partial charge in [-0.1, -0.05) is 0 Å². The number of carbonyl (C=O) groups is 1. The Labute approximate surface area is 90.1 Å². The van der Waals surface area contributed by atoms with Crippen LogP contribution in [0.2, 0.25) is 0 Å². The number of halogens is 1. The molecule has 0 saturated heterocycles. The minimum Gasteiger partial charge on any atom is -0.478 e. The SMILES string of the molecule is O=C(O)c1cc(F)cc2[nH]c(C3CC3)nc12. The van der Waals surface area contributed by atoms with Crippen LogP contribution in [0.1, 0.15) is 34.9 Å². The van der Waals surface area contributed by atoms with Gasteiger partial charge >= 0.3 is 5.97 Å². The number of carboxylic acids is 1. The average Bonchev–Trinajstić information content (AvgIpc) is 2.98. The smallest absolute Gasteiger partial charge is 0.338 e. The van der Waals surface area contributed by atoms with E-state index in [9.17, 15) is 9.18 Å². The van der Waals surface area contributed by atoms with E-state index < -0.39 is 11.8 Å². The van der Waals surface area contributed by atoms with Crippen molar-refractivity contribution < 1.29 is 14.3 Å². The van der Waals surface area contributed by atoms with Gasteiger partial charge in [-0.25, -0.2) is 14.2 Å². The number of imidazole rings is 1. The lowest BCUT2D eigenvalue weighted by Crippen LogP contribution is -1.98. The molecule has 16 heavy (non-hydrogen) atoms. The maximum Gasteiger partial charge on any atom is 0.338 e. The first-order chi connectivity index (χ1) is 7.65. The molecule has 4 nitrogen and oxygen atoms in total. The molecule has 82 valence electrons. The molecule has 1 aromatic carbocycles. The number of aromatic nitrogens is 2. The summed E-state index contributed by atoms with van der Waals surface area (Å²) in [5.41, 5.74) is 0.716. The highest BCUT2D eigenvalue weighted by molar-refractivity contribution is 6.01. The summed E-state index contributed by atoms with van der Waals surface area (Å²) in [5.74, 6) is -0.561. The molecule has 0 atom stereocenters. The molecule has 1 aromatic heterocycles. The monoisotopic (exact) mass is 220 g/mol. The summed E-state index contributed by atoms with van der Waals surface area (Å²) in [4.78, 5) is 18.2. The summed E-state index contributed by atoms with van der Waals surface area (Å²) >= 11 is 0. The van der Waals surface area contributed by atoms with Crippen molar-refractivity contribution in [3.8, 4) is 0 Å². The number of fused-ring (bicyclic) bond motifs is 1. The molecule has 3 rings (SSSR count). The van der Waals surface area contributed by atoms with E-state index in [4.69, 9.17) is 5.11 Å². The molecule has 0 bridgehead atoms. The molecule has 0 amide bonds. The zero-order valence-electron chi connectivity index (χ0n) is 8.33. The van der Waals surface area contributed by atoms with E-state index >= 15 is 0 Å². The van der Waals surface area contributed by atoms with Gasteiger partial charge < -0.3 is 10.1 Å². The van der Waals surface area contributed by atoms with Crippen molar-refractivity contribution in [2.24, 2.45) is 0 Å². The van der Waals surface area contributed by atoms with E-state index in [0.717, 1.165) is 24.7 Å². The van der Waals surface area contributed by atoms with Crippen LogP contribution < -0.4 is 0 Å². The number of nitrogens with one attached hydrogen (secondary N) is 1. The third-order valence-corrected chi connectivity index (χ3v) is 2.76. The third-order valence-electron chi connectivity index (χ3n) is 2.76. The fourth-order valence-corrected chi connectivity index (χ4v) is 1.81. The maximum absolute atomic E-state index is 13.2. The highest BCUT2D eigenvalue weighted by Gasteiger charge is 2.27. The average molecular weight is 220 g/mol. The van der Waals surface area contributed by atoms with Crippen molar-refractivity contribution in [2.75, 3.05) is 0 Å². The lowest BCUT2D eigenvalue weighted by Gasteiger charge is -1.95. The molecule has 1 fully saturated rings. The first-order valence-electron chi connectivity index (χ1n) is 5.07. The fourth-order valence-electron chi connectivity index (χ4n) is 1.81. The summed E-state index contributed by atoms with van der Waals surface area (Å²) in [6.07, 6.45) is 2.12. The van der Waals surface area contributed by atoms with Gasteiger partial charge in [-0.2, -0.15) is 0 Å². The van der Waals surface area contributed by atoms with Gasteiger partial charge in [0.15, 0.2) is 0 Å². The summed E-state index contributed by atoms with van der Waals surface area (Å²) < 4.78 is 13.2. The van der Waals surface area contributed by atoms with E-state index in [1.807, 2.05) is 0 Å². The molecule has 1 aliphatic rings. The van der Waals surface area contributed by atoms with Crippen LogP contribution in [-0.2, 0) is 0 Å². The van der Waals surface area contributed by atoms with E-state index in [0.29, 0.717) is 17.0 Å². The second-order valence-electron chi connectivity index (χ2n) is 4.05. The molecule has 1 aliphatic carbocycles. The Bertz CT molecular complexity index is 587. The van der Waals surface area contributed by atoms with E-state index in [1.54, 1.807) is 0 Å². The molecule has 1 heterocycles. The number of carboxylic acid groups (broad SMARTS) is 1. The number of hydrogen-bond acceptors (Lipinski definition) is 2. The largest absolute Gasteiger partial charge is 0.478 e. The predicted octanol–water partition coefficient (Wildman–Crippen LogP) is 2.28. The van der Waals surface area contributed by atoms with E-state index in [1.165, 1.54) is 6.07 Å². The van der Waals surface area contributed by atoms with Gasteiger partial charge in [-0.15, -0.1) is 0 Å². The van der Waals surface area contributed by atoms with Crippen molar-refractivity contribution in [3.63, 3.8) is 0 Å². The summed E-state index contributed by atoms with van der Waals surface area (Å²) in [5, 5.41) is 8.95. The topological polar surface area (TPSA) is 66.0 Å². The van der Waals surface area contributed by atoms with Crippen LogP contribution in [0.15, 0.2) is 12.1 Å². The van der Waals surface area contributed by atoms with Crippen LogP contribution in [0.3, 0.4) is 0 Å². The van der Waals surface area contributed by atoms with Gasteiger partial charge in [0, 0.05) is 5.92 Å². The lowest BCUT2D eigenvalue weighted by molar-refractivity contribution is 0.0698. The Morgan fingerprint density at radius 1 is 1.50 bits per heavy atom. The second-order valence-corrected chi connectivity index (χ2v) is 4.05. The number of nitrogens with zero attached hydrogens (tertiary/aromatic N) is 1. The van der Waals surface area contributed by atoms with Crippen LogP contribution in [0, 0.1) is 5.82 Å². The van der Waals surface area contributed by atoms with Gasteiger partial charge in [0.25, 0.3) is 0 Å². The summed E-state index contributed by atoms with van der Waals surface area (Å²) in [7, 11) is 0. The minimum atomic E-state index is -1.15. The van der Waals surface area contributed by atoms with E-state index in [2.05, 4.69) is 9.97 Å². The highest BCUT2D eigenvalue weighted by Crippen LogP contribution is 2.39. The molecule has 1 saturated carbocycles. The Morgan fingerprint density at radius 2 is 2.25 bits per heavy atom. The number of aromatic amines is 1. The lowest BCUT2D eigenvalue weighted by atomic mass is 10.2. The fraction of sp³-hybridized carbons (Fsp3) is 0.273. The van der Waals surface area contributed by atoms with Crippen molar-refractivity contribution in [1.29, 1.82) is 0 Å². The second kappa shape index (κ2) is 3.04. The maximum atomic E-state index is 13.2. The first-order valence-corrected chi connectivity index (χ1v) is 5.07. The Balaban J connectivity index is 2.27. The number of benzene rings is 1. The zero-order chi connectivity index (χ0) is 11.3. The summed E-state index contributed by atoms with van der Waals surface area (Å²) in [6, 6.07) is 2.28. The van der Waals surface area contributed by atoms with Gasteiger partial charge in [0.05, 0.1) is 11.1 Å². The van der Waals surface area contributed by atoms with Crippen LogP contribution in [0.5, 0.6) is 0 Å². The van der Waals surface area contributed by atoms with Crippen LogP contribution in [0.25, 0.3) is 11.0 Å². The number of aromatic carboxylic acids is 1. The van der Waals surface area contributed by atoms with Crippen molar-refractivity contribution in [2.45, 2.75) is 18.8 Å². The predicted molar refractivity (Wildman–Crippen MR) is 55.0 cm³/mol. The zero-order valence-corrected chi connectivity index (χ0v) is 8.33. The van der Waals surface area contributed by atoms with Crippen LogP contribution >= 0.6 is 0 Å². The van der Waals surface area contributed by atoms with Crippen molar-refractivity contribution in [3.05, 3.63) is 29.3 Å². The van der Waals surface area contributed by atoms with Gasteiger partial charge in [-0.05, 0) is 25.0 Å². The van der Waals surface area contributed by atoms with Gasteiger partial charge in [-0.3, -0.25) is 0 Å². The Kier molecular flexibility index (Phi) is 1.77. The quantitative estimate of drug-likeness (QED) is 0.815. The van der Waals surface area contributed by atoms with Gasteiger partial charge in [0.2, 0.25) is 0 Å². The Hall–Kier alpha value is -1.91. The molecule has 0 aliphatic heterocycles. The number of rotatable bonds is 2. The minimum absolute atomic E-state index is 0.0850. The molecule has 0 spiro atoms. The van der Waals surface area contributed by atoms with Crippen molar-refractivity contribution in [1.82, 2.24) is 9.97 Å². The van der Waals surface area contributed by atoms with E-state index in [-0.39, 0.29) is 5.56 Å².